The van der Waals surface area contributed by atoms with Crippen LogP contribution in [0.15, 0.2) is 72.5 Å². The number of azide groups is 1. The quantitative estimate of drug-likeness (QED) is 0.141. The summed E-state index contributed by atoms with van der Waals surface area (Å²) < 4.78 is 26.9. The Kier molecular flexibility index (Phi) is 8.08. The molecule has 0 saturated carbocycles. The van der Waals surface area contributed by atoms with Gasteiger partial charge in [-0.3, -0.25) is 4.98 Å². The van der Waals surface area contributed by atoms with Gasteiger partial charge in [-0.1, -0.05) is 11.2 Å². The number of ether oxygens (including phenoxy) is 2. The van der Waals surface area contributed by atoms with E-state index in [1.54, 1.807) is 36.0 Å². The summed E-state index contributed by atoms with van der Waals surface area (Å²) in [6.07, 6.45) is 8.88. The Morgan fingerprint density at radius 2 is 2.18 bits per heavy atom. The van der Waals surface area contributed by atoms with E-state index in [1.807, 2.05) is 44.3 Å². The monoisotopic (exact) mass is 517 g/mol. The van der Waals surface area contributed by atoms with Gasteiger partial charge in [0, 0.05) is 53.4 Å². The number of halogens is 1. The highest BCUT2D eigenvalue weighted by Gasteiger charge is 2.38. The number of rotatable bonds is 7. The fraction of sp³-hybridized carbons (Fsp3) is 0.296. The van der Waals surface area contributed by atoms with Crippen molar-refractivity contribution < 1.29 is 18.7 Å². The average Bonchev–Trinajstić information content (AvgIpc) is 3.53. The number of fused-ring (bicyclic) bond motifs is 2. The Balaban J connectivity index is 0.000000204. The van der Waals surface area contributed by atoms with Crippen LogP contribution in [0, 0.1) is 5.82 Å². The molecule has 0 bridgehead atoms. The molecule has 5 rings (SSSR count). The molecule has 0 amide bonds. The topological polar surface area (TPSA) is 127 Å². The van der Waals surface area contributed by atoms with Gasteiger partial charge in [0.1, 0.15) is 22.8 Å². The first-order valence-electron chi connectivity index (χ1n) is 12.1. The summed E-state index contributed by atoms with van der Waals surface area (Å²) in [4.78, 5) is 22.3. The average molecular weight is 518 g/mol. The van der Waals surface area contributed by atoms with Gasteiger partial charge < -0.3 is 19.2 Å². The first kappa shape index (κ1) is 26.4. The van der Waals surface area contributed by atoms with E-state index in [0.717, 1.165) is 16.9 Å². The van der Waals surface area contributed by atoms with Crippen molar-refractivity contribution in [3.05, 3.63) is 100 Å². The number of pyridine rings is 1. The summed E-state index contributed by atoms with van der Waals surface area (Å²) in [5, 5.41) is 6.92. The lowest BCUT2D eigenvalue weighted by atomic mass is 9.97. The molecule has 1 aliphatic rings. The maximum Gasteiger partial charge on any atom is 0.341 e. The molecule has 38 heavy (non-hydrogen) atoms. The molecule has 196 valence electrons. The minimum atomic E-state index is -0.723. The van der Waals surface area contributed by atoms with E-state index in [4.69, 9.17) is 15.0 Å². The lowest BCUT2D eigenvalue weighted by Gasteiger charge is -2.23. The van der Waals surface area contributed by atoms with Crippen LogP contribution in [-0.2, 0) is 11.2 Å². The number of anilines is 1. The molecule has 1 N–H and O–H groups in total. The number of aromatic nitrogens is 3. The largest absolute Gasteiger partial charge is 0.486 e. The molecule has 2 atom stereocenters. The molecule has 1 aromatic carbocycles. The SMILES string of the molecule is CCOC(=O)c1cnc2cccn2c1.C[C@@H](Nc1cccnc1)c1ccc(F)c2c1OC(C)(CN=[N+]=[N-])C2. The summed E-state index contributed by atoms with van der Waals surface area (Å²) >= 11 is 0. The molecule has 0 fully saturated rings. The Labute approximate surface area is 219 Å². The third-order valence-corrected chi connectivity index (χ3v) is 5.99. The van der Waals surface area contributed by atoms with Crippen LogP contribution >= 0.6 is 0 Å². The van der Waals surface area contributed by atoms with E-state index in [9.17, 15) is 9.18 Å². The molecule has 10 nitrogen and oxygen atoms in total. The van der Waals surface area contributed by atoms with Crippen LogP contribution in [0.5, 0.6) is 5.75 Å². The third kappa shape index (κ3) is 6.01. The van der Waals surface area contributed by atoms with Crippen molar-refractivity contribution in [2.24, 2.45) is 5.11 Å². The maximum absolute atomic E-state index is 14.2. The number of carbonyl (C=O) groups excluding carboxylic acids is 1. The van der Waals surface area contributed by atoms with Crippen molar-refractivity contribution in [3.63, 3.8) is 0 Å². The van der Waals surface area contributed by atoms with Gasteiger partial charge in [0.25, 0.3) is 0 Å². The van der Waals surface area contributed by atoms with Gasteiger partial charge in [-0.05, 0) is 56.6 Å². The highest BCUT2D eigenvalue weighted by atomic mass is 19.1. The molecular formula is C27H28FN7O3. The molecule has 0 aliphatic carbocycles. The molecule has 0 radical (unpaired) electrons. The summed E-state index contributed by atoms with van der Waals surface area (Å²) in [7, 11) is 0. The molecule has 0 saturated heterocycles. The number of carbonyl (C=O) groups is 1. The van der Waals surface area contributed by atoms with Crippen molar-refractivity contribution in [2.75, 3.05) is 18.5 Å². The molecule has 0 spiro atoms. The summed E-state index contributed by atoms with van der Waals surface area (Å²) in [6, 6.07) is 10.6. The number of esters is 1. The van der Waals surface area contributed by atoms with Crippen molar-refractivity contribution in [1.29, 1.82) is 0 Å². The fourth-order valence-electron chi connectivity index (χ4n) is 4.19. The number of benzene rings is 1. The zero-order valence-corrected chi connectivity index (χ0v) is 21.3. The van der Waals surface area contributed by atoms with Crippen LogP contribution in [0.4, 0.5) is 10.1 Å². The minimum absolute atomic E-state index is 0.0923. The number of hydrogen-bond acceptors (Lipinski definition) is 7. The molecule has 1 unspecified atom stereocenters. The van der Waals surface area contributed by atoms with Crippen LogP contribution in [0.1, 0.15) is 48.3 Å². The van der Waals surface area contributed by atoms with Gasteiger partial charge >= 0.3 is 5.97 Å². The van der Waals surface area contributed by atoms with Crippen molar-refractivity contribution >= 4 is 17.3 Å². The second-order valence-electron chi connectivity index (χ2n) is 9.01. The lowest BCUT2D eigenvalue weighted by molar-refractivity contribution is 0.0525. The van der Waals surface area contributed by atoms with Crippen molar-refractivity contribution in [2.45, 2.75) is 38.8 Å². The van der Waals surface area contributed by atoms with E-state index >= 15 is 0 Å². The van der Waals surface area contributed by atoms with Crippen LogP contribution in [-0.4, -0.2) is 39.1 Å². The Morgan fingerprint density at radius 1 is 1.34 bits per heavy atom. The summed E-state index contributed by atoms with van der Waals surface area (Å²) in [6.45, 7) is 6.11. The van der Waals surface area contributed by atoms with Gasteiger partial charge in [0.05, 0.1) is 30.4 Å². The van der Waals surface area contributed by atoms with Gasteiger partial charge in [0.15, 0.2) is 0 Å². The van der Waals surface area contributed by atoms with Crippen LogP contribution in [0.25, 0.3) is 16.1 Å². The summed E-state index contributed by atoms with van der Waals surface area (Å²) in [5.74, 6) is -0.0999. The second-order valence-corrected chi connectivity index (χ2v) is 9.01. The first-order valence-corrected chi connectivity index (χ1v) is 12.1. The molecule has 4 aromatic rings. The Bertz CT molecular complexity index is 1470. The number of hydrogen-bond donors (Lipinski definition) is 1. The highest BCUT2D eigenvalue weighted by molar-refractivity contribution is 5.88. The summed E-state index contributed by atoms with van der Waals surface area (Å²) in [5.41, 5.74) is 11.4. The Hall–Kier alpha value is -4.63. The van der Waals surface area contributed by atoms with Crippen molar-refractivity contribution in [1.82, 2.24) is 14.4 Å². The van der Waals surface area contributed by atoms with Crippen LogP contribution < -0.4 is 10.1 Å². The maximum atomic E-state index is 14.2. The first-order chi connectivity index (χ1) is 18.3. The van der Waals surface area contributed by atoms with Gasteiger partial charge in [-0.25, -0.2) is 14.2 Å². The molecule has 4 heterocycles. The van der Waals surface area contributed by atoms with Crippen LogP contribution in [0.3, 0.4) is 0 Å². The molecule has 11 heteroatoms. The van der Waals surface area contributed by atoms with Gasteiger partial charge in [-0.2, -0.15) is 0 Å². The van der Waals surface area contributed by atoms with Gasteiger partial charge in [0.2, 0.25) is 0 Å². The van der Waals surface area contributed by atoms with E-state index in [-0.39, 0.29) is 24.4 Å². The van der Waals surface area contributed by atoms with Gasteiger partial charge in [-0.15, -0.1) is 0 Å². The minimum Gasteiger partial charge on any atom is -0.486 e. The highest BCUT2D eigenvalue weighted by Crippen LogP contribution is 2.42. The van der Waals surface area contributed by atoms with Crippen LogP contribution in [0.2, 0.25) is 0 Å². The molecule has 3 aromatic heterocycles. The molecular weight excluding hydrogens is 489 g/mol. The zero-order chi connectivity index (χ0) is 27.1. The normalized spacial score (nSPS) is 16.3. The number of nitrogens with one attached hydrogen (secondary N) is 1. The number of nitrogens with zero attached hydrogens (tertiary/aromatic N) is 6. The van der Waals surface area contributed by atoms with E-state index in [0.29, 0.717) is 29.9 Å². The predicted octanol–water partition coefficient (Wildman–Crippen LogP) is 5.91. The van der Waals surface area contributed by atoms with E-state index in [1.165, 1.54) is 12.3 Å². The smallest absolute Gasteiger partial charge is 0.341 e. The predicted molar refractivity (Wildman–Crippen MR) is 141 cm³/mol. The lowest BCUT2D eigenvalue weighted by Crippen LogP contribution is -2.33. The van der Waals surface area contributed by atoms with Crippen molar-refractivity contribution in [3.8, 4) is 5.75 Å². The van der Waals surface area contributed by atoms with E-state index in [2.05, 4.69) is 25.3 Å². The second kappa shape index (κ2) is 11.6. The fourth-order valence-corrected chi connectivity index (χ4v) is 4.19. The zero-order valence-electron chi connectivity index (χ0n) is 21.3. The standard InChI is InChI=1S/C17H18FN5O.C10H10N2O2/c1-11(22-12-4-3-7-20-9-12)13-5-6-15(18)14-8-17(2,10-21-23-19)24-16(13)14;1-2-14-10(13)8-6-11-9-4-3-5-12(9)7-8/h3-7,9,11,22H,8,10H2,1-2H3;3-7H,2H2,1H3/t11-,17?;/m1./s1. The third-order valence-electron chi connectivity index (χ3n) is 5.99. The molecule has 1 aliphatic heterocycles. The van der Waals surface area contributed by atoms with E-state index < -0.39 is 5.60 Å². The Morgan fingerprint density at radius 3 is 2.92 bits per heavy atom.